The Morgan fingerprint density at radius 3 is 2.75 bits per heavy atom. The van der Waals surface area contributed by atoms with Crippen molar-refractivity contribution in [3.05, 3.63) is 58.4 Å². The molecule has 0 fully saturated rings. The summed E-state index contributed by atoms with van der Waals surface area (Å²) < 4.78 is 18.1. The van der Waals surface area contributed by atoms with Crippen LogP contribution in [0.5, 0.6) is 11.5 Å². The molecule has 0 unspecified atom stereocenters. The van der Waals surface area contributed by atoms with Gasteiger partial charge in [0.15, 0.2) is 11.5 Å². The van der Waals surface area contributed by atoms with Crippen molar-refractivity contribution in [1.82, 2.24) is 0 Å². The summed E-state index contributed by atoms with van der Waals surface area (Å²) in [6.07, 6.45) is 1.34. The Balaban J connectivity index is 2.25. The average Bonchev–Trinajstić information content (AvgIpc) is 2.57. The average molecular weight is 347 g/mol. The fraction of sp³-hybridized carbons (Fsp3) is 0.0588. The Bertz CT molecular complexity index is 859. The zero-order chi connectivity index (χ0) is 17.7. The van der Waals surface area contributed by atoms with Crippen molar-refractivity contribution in [1.29, 1.82) is 5.26 Å². The molecular weight excluding hydrogens is 335 g/mol. The van der Waals surface area contributed by atoms with Gasteiger partial charge in [0.25, 0.3) is 5.91 Å². The van der Waals surface area contributed by atoms with Gasteiger partial charge in [-0.05, 0) is 42.0 Å². The summed E-state index contributed by atoms with van der Waals surface area (Å²) >= 11 is 5.65. The Morgan fingerprint density at radius 1 is 1.38 bits per heavy atom. The molecule has 122 valence electrons. The second-order valence-electron chi connectivity index (χ2n) is 4.68. The molecule has 2 aromatic carbocycles. The van der Waals surface area contributed by atoms with Crippen LogP contribution in [0.3, 0.4) is 0 Å². The van der Waals surface area contributed by atoms with Crippen LogP contribution in [0.15, 0.2) is 42.0 Å². The number of amides is 1. The molecule has 0 aliphatic carbocycles. The Hall–Kier alpha value is -3.04. The summed E-state index contributed by atoms with van der Waals surface area (Å²) in [4.78, 5) is 12.1. The van der Waals surface area contributed by atoms with E-state index in [1.807, 2.05) is 0 Å². The number of hydrogen-bond acceptors (Lipinski definition) is 4. The van der Waals surface area contributed by atoms with Crippen LogP contribution >= 0.6 is 11.6 Å². The molecule has 0 aromatic heterocycles. The number of anilines is 1. The molecule has 0 saturated carbocycles. The number of nitriles is 1. The molecule has 0 aliphatic heterocycles. The van der Waals surface area contributed by atoms with E-state index in [2.05, 4.69) is 5.32 Å². The standard InChI is InChI=1S/C17H12ClFN2O3/c1-24-16-7-10(2-5-15(16)22)6-11(9-20)17(23)21-12-3-4-14(19)13(18)8-12/h2-8,22H,1H3,(H,21,23)/b11-6+. The fourth-order valence-electron chi connectivity index (χ4n) is 1.87. The predicted molar refractivity (Wildman–Crippen MR) is 88.3 cm³/mol. The van der Waals surface area contributed by atoms with Crippen LogP contribution in [-0.2, 0) is 4.79 Å². The van der Waals surface area contributed by atoms with Crippen molar-refractivity contribution < 1.29 is 19.0 Å². The van der Waals surface area contributed by atoms with Crippen molar-refractivity contribution in [2.45, 2.75) is 0 Å². The maximum absolute atomic E-state index is 13.1. The van der Waals surface area contributed by atoms with E-state index in [-0.39, 0.29) is 27.8 Å². The minimum atomic E-state index is -0.674. The van der Waals surface area contributed by atoms with Crippen LogP contribution in [0.4, 0.5) is 10.1 Å². The molecule has 2 rings (SSSR count). The van der Waals surface area contributed by atoms with Gasteiger partial charge in [-0.25, -0.2) is 4.39 Å². The van der Waals surface area contributed by atoms with Gasteiger partial charge in [-0.1, -0.05) is 17.7 Å². The van der Waals surface area contributed by atoms with Crippen LogP contribution in [0.25, 0.3) is 6.08 Å². The van der Waals surface area contributed by atoms with E-state index >= 15 is 0 Å². The van der Waals surface area contributed by atoms with Gasteiger partial charge in [0.2, 0.25) is 0 Å². The maximum atomic E-state index is 13.1. The van der Waals surface area contributed by atoms with E-state index in [0.717, 1.165) is 6.07 Å². The molecule has 0 radical (unpaired) electrons. The number of carbonyl (C=O) groups is 1. The molecule has 7 heteroatoms. The smallest absolute Gasteiger partial charge is 0.266 e. The molecule has 0 saturated heterocycles. The second-order valence-corrected chi connectivity index (χ2v) is 5.09. The summed E-state index contributed by atoms with van der Waals surface area (Å²) in [7, 11) is 1.39. The minimum absolute atomic E-state index is 0.0569. The highest BCUT2D eigenvalue weighted by molar-refractivity contribution is 6.31. The third-order valence-corrected chi connectivity index (χ3v) is 3.35. The van der Waals surface area contributed by atoms with E-state index in [1.165, 1.54) is 43.5 Å². The third kappa shape index (κ3) is 4.03. The molecule has 5 nitrogen and oxygen atoms in total. The normalized spacial score (nSPS) is 10.8. The summed E-state index contributed by atoms with van der Waals surface area (Å²) in [6.45, 7) is 0. The number of hydrogen-bond donors (Lipinski definition) is 2. The highest BCUT2D eigenvalue weighted by Crippen LogP contribution is 2.27. The van der Waals surface area contributed by atoms with Crippen molar-refractivity contribution in [3.8, 4) is 17.6 Å². The van der Waals surface area contributed by atoms with Crippen molar-refractivity contribution in [2.75, 3.05) is 12.4 Å². The number of ether oxygens (including phenoxy) is 1. The highest BCUT2D eigenvalue weighted by Gasteiger charge is 2.11. The molecule has 1 amide bonds. The maximum Gasteiger partial charge on any atom is 0.266 e. The van der Waals surface area contributed by atoms with Gasteiger partial charge < -0.3 is 15.2 Å². The molecule has 0 spiro atoms. The lowest BCUT2D eigenvalue weighted by Gasteiger charge is -2.06. The monoisotopic (exact) mass is 346 g/mol. The number of methoxy groups -OCH3 is 1. The number of phenols is 1. The summed E-state index contributed by atoms with van der Waals surface area (Å²) in [5, 5.41) is 21.0. The number of nitrogens with zero attached hydrogens (tertiary/aromatic N) is 1. The van der Waals surface area contributed by atoms with E-state index in [0.29, 0.717) is 5.56 Å². The predicted octanol–water partition coefficient (Wildman–Crippen LogP) is 3.74. The van der Waals surface area contributed by atoms with Crippen LogP contribution in [0, 0.1) is 17.1 Å². The first-order valence-electron chi connectivity index (χ1n) is 6.70. The van der Waals surface area contributed by atoms with Gasteiger partial charge in [0, 0.05) is 5.69 Å². The third-order valence-electron chi connectivity index (χ3n) is 3.06. The van der Waals surface area contributed by atoms with Crippen LogP contribution < -0.4 is 10.1 Å². The zero-order valence-corrected chi connectivity index (χ0v) is 13.3. The topological polar surface area (TPSA) is 82.3 Å². The number of phenolic OH excluding ortho intramolecular Hbond substituents is 1. The molecule has 0 aliphatic rings. The van der Waals surface area contributed by atoms with Crippen molar-refractivity contribution >= 4 is 29.3 Å². The lowest BCUT2D eigenvalue weighted by atomic mass is 10.1. The first kappa shape index (κ1) is 17.3. The van der Waals surface area contributed by atoms with E-state index in [9.17, 15) is 14.3 Å². The first-order valence-corrected chi connectivity index (χ1v) is 7.07. The largest absolute Gasteiger partial charge is 0.504 e. The van der Waals surface area contributed by atoms with Crippen molar-refractivity contribution in [2.24, 2.45) is 0 Å². The van der Waals surface area contributed by atoms with Crippen LogP contribution in [0.2, 0.25) is 5.02 Å². The minimum Gasteiger partial charge on any atom is -0.504 e. The SMILES string of the molecule is COc1cc(/C=C(\C#N)C(=O)Nc2ccc(F)c(Cl)c2)ccc1O. The number of nitrogens with one attached hydrogen (secondary N) is 1. The van der Waals surface area contributed by atoms with Gasteiger partial charge >= 0.3 is 0 Å². The van der Waals surface area contributed by atoms with Gasteiger partial charge in [0.1, 0.15) is 17.5 Å². The van der Waals surface area contributed by atoms with E-state index in [4.69, 9.17) is 21.6 Å². The summed E-state index contributed by atoms with van der Waals surface area (Å²) in [5.41, 5.74) is 0.576. The molecular formula is C17H12ClFN2O3. The molecule has 24 heavy (non-hydrogen) atoms. The number of benzene rings is 2. The van der Waals surface area contributed by atoms with Crippen LogP contribution in [0.1, 0.15) is 5.56 Å². The Labute approximate surface area is 142 Å². The fourth-order valence-corrected chi connectivity index (χ4v) is 2.05. The summed E-state index contributed by atoms with van der Waals surface area (Å²) in [6, 6.07) is 9.86. The number of halogens is 2. The van der Waals surface area contributed by atoms with E-state index < -0.39 is 11.7 Å². The molecule has 2 N–H and O–H groups in total. The highest BCUT2D eigenvalue weighted by atomic mass is 35.5. The molecule has 2 aromatic rings. The van der Waals surface area contributed by atoms with Gasteiger partial charge in [-0.3, -0.25) is 4.79 Å². The van der Waals surface area contributed by atoms with Gasteiger partial charge in [0.05, 0.1) is 12.1 Å². The van der Waals surface area contributed by atoms with Gasteiger partial charge in [-0.15, -0.1) is 0 Å². The zero-order valence-electron chi connectivity index (χ0n) is 12.5. The lowest BCUT2D eigenvalue weighted by Crippen LogP contribution is -2.13. The summed E-state index contributed by atoms with van der Waals surface area (Å²) in [5.74, 6) is -1.13. The quantitative estimate of drug-likeness (QED) is 0.652. The van der Waals surface area contributed by atoms with Crippen molar-refractivity contribution in [3.63, 3.8) is 0 Å². The Kier molecular flexibility index (Phi) is 5.40. The number of aromatic hydroxyl groups is 1. The first-order chi connectivity index (χ1) is 11.4. The molecule has 0 atom stereocenters. The number of carbonyl (C=O) groups excluding carboxylic acids is 1. The molecule has 0 bridgehead atoms. The lowest BCUT2D eigenvalue weighted by molar-refractivity contribution is -0.112. The Morgan fingerprint density at radius 2 is 2.12 bits per heavy atom. The molecule has 0 heterocycles. The van der Waals surface area contributed by atoms with Crippen LogP contribution in [-0.4, -0.2) is 18.1 Å². The second kappa shape index (κ2) is 7.49. The van der Waals surface area contributed by atoms with Gasteiger partial charge in [-0.2, -0.15) is 5.26 Å². The van der Waals surface area contributed by atoms with E-state index in [1.54, 1.807) is 6.07 Å². The number of rotatable bonds is 4.